The lowest BCUT2D eigenvalue weighted by Gasteiger charge is -2.37. The molecule has 172 valence electrons. The minimum Gasteiger partial charge on any atom is -0.381 e. The summed E-state index contributed by atoms with van der Waals surface area (Å²) < 4.78 is 0. The highest BCUT2D eigenvalue weighted by Gasteiger charge is 2.59. The standard InChI is InChI=1S/C25H28N4O4/c1-14(2)20-22(31)26-18(21(30)28-20)13-25(33)16-10-6-7-11-19(16)29-23(32)17(27-24(25)29)12-15-8-4-3-5-9-15/h3-11,14,17-18,20,24,27,33H,12-13H2,1-2H3,(H,26,31)(H,28,30)/t17-,18+,20+,24+,25-/m1/s1. The van der Waals surface area contributed by atoms with Crippen molar-refractivity contribution >= 4 is 23.4 Å². The van der Waals surface area contributed by atoms with Crippen LogP contribution in [-0.2, 0) is 26.4 Å². The smallest absolute Gasteiger partial charge is 0.245 e. The van der Waals surface area contributed by atoms with Gasteiger partial charge in [-0.3, -0.25) is 24.6 Å². The van der Waals surface area contributed by atoms with Crippen molar-refractivity contribution in [2.75, 3.05) is 4.90 Å². The molecule has 0 spiro atoms. The van der Waals surface area contributed by atoms with Crippen LogP contribution in [0.25, 0.3) is 0 Å². The number of carbonyl (C=O) groups is 3. The molecule has 5 atom stereocenters. The van der Waals surface area contributed by atoms with Crippen molar-refractivity contribution in [1.82, 2.24) is 16.0 Å². The van der Waals surface area contributed by atoms with Crippen molar-refractivity contribution in [3.8, 4) is 0 Å². The molecule has 3 amide bonds. The minimum atomic E-state index is -1.54. The van der Waals surface area contributed by atoms with E-state index >= 15 is 0 Å². The van der Waals surface area contributed by atoms with Crippen molar-refractivity contribution in [3.63, 3.8) is 0 Å². The Bertz CT molecular complexity index is 1100. The number of rotatable bonds is 5. The number of anilines is 1. The number of para-hydroxylation sites is 1. The number of nitrogens with zero attached hydrogens (tertiary/aromatic N) is 1. The molecular weight excluding hydrogens is 420 g/mol. The summed E-state index contributed by atoms with van der Waals surface area (Å²) in [4.78, 5) is 40.4. The molecule has 2 saturated heterocycles. The van der Waals surface area contributed by atoms with E-state index in [1.807, 2.05) is 50.2 Å². The van der Waals surface area contributed by atoms with E-state index < -0.39 is 29.9 Å². The lowest BCUT2D eigenvalue weighted by atomic mass is 9.85. The fourth-order valence-electron chi connectivity index (χ4n) is 5.23. The number of amides is 3. The summed E-state index contributed by atoms with van der Waals surface area (Å²) in [7, 11) is 0. The molecule has 3 aliphatic rings. The number of carbonyl (C=O) groups excluding carboxylic acids is 3. The van der Waals surface area contributed by atoms with Gasteiger partial charge < -0.3 is 15.7 Å². The molecule has 3 heterocycles. The van der Waals surface area contributed by atoms with E-state index in [1.54, 1.807) is 23.1 Å². The molecule has 2 aromatic rings. The van der Waals surface area contributed by atoms with Gasteiger partial charge in [0.1, 0.15) is 23.9 Å². The van der Waals surface area contributed by atoms with Gasteiger partial charge in [0.25, 0.3) is 0 Å². The zero-order valence-corrected chi connectivity index (χ0v) is 18.6. The van der Waals surface area contributed by atoms with Crippen LogP contribution in [0.5, 0.6) is 0 Å². The summed E-state index contributed by atoms with van der Waals surface area (Å²) >= 11 is 0. The fraction of sp³-hybridized carbons (Fsp3) is 0.400. The van der Waals surface area contributed by atoms with Crippen LogP contribution in [0.2, 0.25) is 0 Å². The van der Waals surface area contributed by atoms with Crippen LogP contribution in [-0.4, -0.2) is 47.1 Å². The maximum absolute atomic E-state index is 13.4. The summed E-state index contributed by atoms with van der Waals surface area (Å²) in [5.74, 6) is -0.764. The summed E-state index contributed by atoms with van der Waals surface area (Å²) in [6.07, 6.45) is -0.295. The number of hydrogen-bond acceptors (Lipinski definition) is 5. The first-order valence-electron chi connectivity index (χ1n) is 11.4. The second-order valence-electron chi connectivity index (χ2n) is 9.46. The molecule has 0 saturated carbocycles. The van der Waals surface area contributed by atoms with Crippen molar-refractivity contribution in [3.05, 3.63) is 65.7 Å². The van der Waals surface area contributed by atoms with E-state index in [9.17, 15) is 19.5 Å². The Labute approximate surface area is 192 Å². The molecule has 8 nitrogen and oxygen atoms in total. The highest BCUT2D eigenvalue weighted by atomic mass is 16.3. The lowest BCUT2D eigenvalue weighted by Crippen LogP contribution is -2.65. The van der Waals surface area contributed by atoms with Crippen molar-refractivity contribution in [2.45, 2.75) is 56.6 Å². The van der Waals surface area contributed by atoms with E-state index in [4.69, 9.17) is 0 Å². The molecule has 0 radical (unpaired) electrons. The Morgan fingerprint density at radius 3 is 2.36 bits per heavy atom. The molecule has 0 aromatic heterocycles. The molecule has 0 bridgehead atoms. The van der Waals surface area contributed by atoms with Gasteiger partial charge in [-0.2, -0.15) is 0 Å². The third-order valence-electron chi connectivity index (χ3n) is 6.91. The topological polar surface area (TPSA) is 111 Å². The lowest BCUT2D eigenvalue weighted by molar-refractivity contribution is -0.140. The average molecular weight is 449 g/mol. The summed E-state index contributed by atoms with van der Waals surface area (Å²) in [6, 6.07) is 14.9. The van der Waals surface area contributed by atoms with Crippen LogP contribution < -0.4 is 20.9 Å². The monoisotopic (exact) mass is 448 g/mol. The van der Waals surface area contributed by atoms with E-state index in [0.717, 1.165) is 5.56 Å². The third kappa shape index (κ3) is 3.50. The van der Waals surface area contributed by atoms with Gasteiger partial charge >= 0.3 is 0 Å². The van der Waals surface area contributed by atoms with Crippen molar-refractivity contribution < 1.29 is 19.5 Å². The Morgan fingerprint density at radius 1 is 0.939 bits per heavy atom. The zero-order valence-electron chi connectivity index (χ0n) is 18.6. The molecule has 4 N–H and O–H groups in total. The highest BCUT2D eigenvalue weighted by Crippen LogP contribution is 2.48. The molecule has 0 unspecified atom stereocenters. The van der Waals surface area contributed by atoms with E-state index in [0.29, 0.717) is 17.7 Å². The average Bonchev–Trinajstić information content (AvgIpc) is 3.24. The minimum absolute atomic E-state index is 0.0476. The van der Waals surface area contributed by atoms with Gasteiger partial charge in [0, 0.05) is 12.0 Å². The van der Waals surface area contributed by atoms with Crippen molar-refractivity contribution in [2.24, 2.45) is 5.92 Å². The number of piperazine rings is 1. The number of benzene rings is 2. The highest BCUT2D eigenvalue weighted by molar-refractivity contribution is 6.03. The van der Waals surface area contributed by atoms with Crippen LogP contribution in [0.3, 0.4) is 0 Å². The van der Waals surface area contributed by atoms with Gasteiger partial charge in [-0.15, -0.1) is 0 Å². The van der Waals surface area contributed by atoms with E-state index in [-0.39, 0.29) is 30.1 Å². The van der Waals surface area contributed by atoms with Gasteiger partial charge in [-0.05, 0) is 24.0 Å². The first kappa shape index (κ1) is 21.6. The van der Waals surface area contributed by atoms with E-state index in [1.165, 1.54) is 0 Å². The molecule has 2 fully saturated rings. The largest absolute Gasteiger partial charge is 0.381 e. The van der Waals surface area contributed by atoms with Crippen LogP contribution in [0.1, 0.15) is 31.4 Å². The first-order chi connectivity index (χ1) is 15.8. The Morgan fingerprint density at radius 2 is 1.64 bits per heavy atom. The predicted octanol–water partition coefficient (Wildman–Crippen LogP) is 0.791. The molecule has 0 aliphatic carbocycles. The maximum atomic E-state index is 13.4. The second kappa shape index (κ2) is 7.97. The van der Waals surface area contributed by atoms with Gasteiger partial charge in [-0.1, -0.05) is 62.4 Å². The molecule has 2 aromatic carbocycles. The molecular formula is C25H28N4O4. The first-order valence-corrected chi connectivity index (χ1v) is 11.4. The zero-order chi connectivity index (χ0) is 23.3. The molecule has 3 aliphatic heterocycles. The second-order valence-corrected chi connectivity index (χ2v) is 9.46. The van der Waals surface area contributed by atoms with E-state index in [2.05, 4.69) is 16.0 Å². The summed E-state index contributed by atoms with van der Waals surface area (Å²) in [5, 5.41) is 20.8. The molecule has 8 heteroatoms. The molecule has 33 heavy (non-hydrogen) atoms. The maximum Gasteiger partial charge on any atom is 0.245 e. The number of nitrogens with one attached hydrogen (secondary N) is 3. The summed E-state index contributed by atoms with van der Waals surface area (Å²) in [6.45, 7) is 3.73. The predicted molar refractivity (Wildman–Crippen MR) is 122 cm³/mol. The SMILES string of the molecule is CC(C)[C@@H]1NC(=O)[C@H](C[C@@]2(O)c3ccccc3N3C(=O)[C@@H](Cc4ccccc4)N[C@@H]32)NC1=O. The van der Waals surface area contributed by atoms with Crippen LogP contribution in [0.15, 0.2) is 54.6 Å². The van der Waals surface area contributed by atoms with Crippen LogP contribution >= 0.6 is 0 Å². The van der Waals surface area contributed by atoms with Gasteiger partial charge in [0.05, 0.1) is 11.7 Å². The van der Waals surface area contributed by atoms with Gasteiger partial charge in [-0.25, -0.2) is 0 Å². The fourth-order valence-corrected chi connectivity index (χ4v) is 5.23. The number of aliphatic hydroxyl groups is 1. The Kier molecular flexibility index (Phi) is 5.22. The normalized spacial score (nSPS) is 30.8. The number of fused-ring (bicyclic) bond motifs is 3. The van der Waals surface area contributed by atoms with Gasteiger partial charge in [0.2, 0.25) is 17.7 Å². The Hall–Kier alpha value is -3.23. The Balaban J connectivity index is 1.44. The quantitative estimate of drug-likeness (QED) is 0.541. The molecule has 5 rings (SSSR count). The van der Waals surface area contributed by atoms with Crippen molar-refractivity contribution in [1.29, 1.82) is 0 Å². The summed E-state index contributed by atoms with van der Waals surface area (Å²) in [5.41, 5.74) is 0.667. The number of hydrogen-bond donors (Lipinski definition) is 4. The van der Waals surface area contributed by atoms with Crippen LogP contribution in [0.4, 0.5) is 5.69 Å². The van der Waals surface area contributed by atoms with Crippen LogP contribution in [0, 0.1) is 5.92 Å². The van der Waals surface area contributed by atoms with Gasteiger partial charge in [0.15, 0.2) is 0 Å². The third-order valence-corrected chi connectivity index (χ3v) is 6.91.